The van der Waals surface area contributed by atoms with Crippen molar-refractivity contribution in [2.45, 2.75) is 30.1 Å². The van der Waals surface area contributed by atoms with E-state index < -0.39 is 47.1 Å². The second kappa shape index (κ2) is 9.22. The number of carbonyl (C=O) groups excluding carboxylic acids is 2. The van der Waals surface area contributed by atoms with E-state index in [-0.39, 0.29) is 17.5 Å². The fourth-order valence-corrected chi connectivity index (χ4v) is 6.15. The first-order valence-electron chi connectivity index (χ1n) is 12.4. The summed E-state index contributed by atoms with van der Waals surface area (Å²) in [4.78, 5) is 24.1. The van der Waals surface area contributed by atoms with Gasteiger partial charge in [0.2, 0.25) is 0 Å². The predicted molar refractivity (Wildman–Crippen MR) is 134 cm³/mol. The molecule has 4 aromatic carbocycles. The molecule has 3 aliphatic rings. The van der Waals surface area contributed by atoms with Gasteiger partial charge in [0.25, 0.3) is 0 Å². The highest BCUT2D eigenvalue weighted by molar-refractivity contribution is 5.84. The lowest BCUT2D eigenvalue weighted by Gasteiger charge is -2.51. The molecule has 0 fully saturated rings. The van der Waals surface area contributed by atoms with Crippen LogP contribution >= 0.6 is 0 Å². The van der Waals surface area contributed by atoms with Crippen LogP contribution in [0.2, 0.25) is 0 Å². The molecule has 0 amide bonds. The van der Waals surface area contributed by atoms with E-state index in [1.165, 1.54) is 0 Å². The van der Waals surface area contributed by atoms with E-state index in [1.807, 2.05) is 12.1 Å². The maximum Gasteiger partial charge on any atom is 0.491 e. The van der Waals surface area contributed by atoms with Crippen molar-refractivity contribution in [1.82, 2.24) is 0 Å². The first-order valence-corrected chi connectivity index (χ1v) is 12.4. The van der Waals surface area contributed by atoms with Gasteiger partial charge in [-0.25, -0.2) is 9.59 Å². The maximum atomic E-state index is 13.4. The van der Waals surface area contributed by atoms with E-state index in [0.29, 0.717) is 22.3 Å². The molecule has 41 heavy (non-hydrogen) atoms. The SMILES string of the molecule is O=C(Oc1ccc(OC(=O)C(F)(F)F)c2c1C1c3ccccc3C2(Cc2ccccc2)c2ccccc21)C(F)(F)F. The third-order valence-corrected chi connectivity index (χ3v) is 7.53. The normalized spacial score (nSPS) is 18.6. The van der Waals surface area contributed by atoms with Crippen LogP contribution in [0, 0.1) is 0 Å². The zero-order valence-electron chi connectivity index (χ0n) is 20.8. The molecule has 4 nitrogen and oxygen atoms in total. The van der Waals surface area contributed by atoms with Crippen LogP contribution in [0.25, 0.3) is 0 Å². The molecule has 7 rings (SSSR count). The van der Waals surface area contributed by atoms with Crippen LogP contribution in [0.5, 0.6) is 11.5 Å². The van der Waals surface area contributed by atoms with Crippen LogP contribution in [0.15, 0.2) is 91.0 Å². The Morgan fingerprint density at radius 3 is 1.63 bits per heavy atom. The summed E-state index contributed by atoms with van der Waals surface area (Å²) in [6, 6.07) is 25.0. The van der Waals surface area contributed by atoms with Crippen molar-refractivity contribution in [2.24, 2.45) is 0 Å². The molecule has 0 aliphatic heterocycles. The van der Waals surface area contributed by atoms with Gasteiger partial charge in [0.15, 0.2) is 0 Å². The summed E-state index contributed by atoms with van der Waals surface area (Å²) in [5, 5.41) is 0. The average Bonchev–Trinajstić information content (AvgIpc) is 2.94. The minimum absolute atomic E-state index is 0.0309. The predicted octanol–water partition coefficient (Wildman–Crippen LogP) is 7.01. The highest BCUT2D eigenvalue weighted by atomic mass is 19.4. The molecule has 0 atom stereocenters. The standard InChI is InChI=1S/C31H18F6O4/c32-30(33,34)27(38)40-22-14-15-23(41-28(39)31(35,36)37)26-25(22)24-18-10-4-6-12-20(18)29(26,16-17-8-2-1-3-9-17)21-13-7-5-11-19(21)24/h1-15,24H,16H2. The van der Waals surface area contributed by atoms with Gasteiger partial charge < -0.3 is 9.47 Å². The number of alkyl halides is 6. The summed E-state index contributed by atoms with van der Waals surface area (Å²) in [7, 11) is 0. The van der Waals surface area contributed by atoms with E-state index in [0.717, 1.165) is 17.7 Å². The first-order chi connectivity index (χ1) is 19.4. The van der Waals surface area contributed by atoms with Gasteiger partial charge in [-0.15, -0.1) is 0 Å². The molecule has 0 aromatic heterocycles. The fraction of sp³-hybridized carbons (Fsp3) is 0.161. The molecule has 0 heterocycles. The zero-order chi connectivity index (χ0) is 29.2. The summed E-state index contributed by atoms with van der Waals surface area (Å²) < 4.78 is 89.9. The van der Waals surface area contributed by atoms with Crippen molar-refractivity contribution in [3.05, 3.63) is 130 Å². The Labute approximate surface area is 229 Å². The Hall–Kier alpha value is -4.60. The van der Waals surface area contributed by atoms with Gasteiger partial charge in [0, 0.05) is 17.0 Å². The zero-order valence-corrected chi connectivity index (χ0v) is 20.8. The third-order valence-electron chi connectivity index (χ3n) is 7.53. The van der Waals surface area contributed by atoms with Gasteiger partial charge in [0.05, 0.1) is 5.41 Å². The molecular weight excluding hydrogens is 550 g/mol. The molecule has 4 aromatic rings. The minimum atomic E-state index is -5.34. The van der Waals surface area contributed by atoms with Crippen molar-refractivity contribution < 1.29 is 45.4 Å². The summed E-state index contributed by atoms with van der Waals surface area (Å²) >= 11 is 0. The van der Waals surface area contributed by atoms with Crippen LogP contribution in [0.3, 0.4) is 0 Å². The lowest BCUT2D eigenvalue weighted by Crippen LogP contribution is -2.45. The van der Waals surface area contributed by atoms with Crippen molar-refractivity contribution in [3.8, 4) is 11.5 Å². The van der Waals surface area contributed by atoms with Gasteiger partial charge in [-0.05, 0) is 46.4 Å². The Bertz CT molecular complexity index is 1640. The van der Waals surface area contributed by atoms with E-state index in [1.54, 1.807) is 66.7 Å². The fourth-order valence-electron chi connectivity index (χ4n) is 6.15. The summed E-state index contributed by atoms with van der Waals surface area (Å²) in [6.45, 7) is 0. The van der Waals surface area contributed by atoms with Crippen LogP contribution in [0.1, 0.15) is 44.9 Å². The number of hydrogen-bond acceptors (Lipinski definition) is 4. The third kappa shape index (κ3) is 4.16. The number of hydrogen-bond donors (Lipinski definition) is 0. The smallest absolute Gasteiger partial charge is 0.420 e. The lowest BCUT2D eigenvalue weighted by molar-refractivity contribution is -0.190. The number of rotatable bonds is 4. The molecule has 0 saturated carbocycles. The van der Waals surface area contributed by atoms with E-state index in [9.17, 15) is 35.9 Å². The van der Waals surface area contributed by atoms with Crippen LogP contribution < -0.4 is 9.47 Å². The van der Waals surface area contributed by atoms with Crippen molar-refractivity contribution in [1.29, 1.82) is 0 Å². The second-order valence-electron chi connectivity index (χ2n) is 9.80. The lowest BCUT2D eigenvalue weighted by atomic mass is 9.51. The topological polar surface area (TPSA) is 52.6 Å². The van der Waals surface area contributed by atoms with Crippen molar-refractivity contribution in [3.63, 3.8) is 0 Å². The number of esters is 2. The van der Waals surface area contributed by atoms with Crippen molar-refractivity contribution >= 4 is 11.9 Å². The van der Waals surface area contributed by atoms with E-state index >= 15 is 0 Å². The van der Waals surface area contributed by atoms with Gasteiger partial charge in [-0.2, -0.15) is 26.3 Å². The minimum Gasteiger partial charge on any atom is -0.420 e. The van der Waals surface area contributed by atoms with E-state index in [2.05, 4.69) is 0 Å². The van der Waals surface area contributed by atoms with Crippen molar-refractivity contribution in [2.75, 3.05) is 0 Å². The maximum absolute atomic E-state index is 13.4. The van der Waals surface area contributed by atoms with Gasteiger partial charge in [-0.1, -0.05) is 78.9 Å². The molecule has 208 valence electrons. The Morgan fingerprint density at radius 1 is 0.634 bits per heavy atom. The van der Waals surface area contributed by atoms with Gasteiger partial charge >= 0.3 is 24.3 Å². The molecule has 2 bridgehead atoms. The number of ether oxygens (including phenoxy) is 2. The second-order valence-corrected chi connectivity index (χ2v) is 9.80. The summed E-state index contributed by atoms with van der Waals surface area (Å²) in [6.07, 6.45) is -10.5. The van der Waals surface area contributed by atoms with Crippen LogP contribution in [-0.4, -0.2) is 24.3 Å². The molecule has 0 radical (unpaired) electrons. The molecule has 0 N–H and O–H groups in total. The number of halogens is 6. The highest BCUT2D eigenvalue weighted by Gasteiger charge is 2.55. The Balaban J connectivity index is 1.71. The summed E-state index contributed by atoms with van der Waals surface area (Å²) in [5.41, 5.74) is 2.23. The molecule has 3 aliphatic carbocycles. The van der Waals surface area contributed by atoms with Crippen LogP contribution in [-0.2, 0) is 21.4 Å². The Morgan fingerprint density at radius 2 is 1.10 bits per heavy atom. The number of carbonyl (C=O) groups is 2. The molecule has 0 saturated heterocycles. The Kier molecular flexibility index (Phi) is 5.99. The quantitative estimate of drug-likeness (QED) is 0.151. The summed E-state index contributed by atoms with van der Waals surface area (Å²) in [5.74, 6) is -6.77. The van der Waals surface area contributed by atoms with Gasteiger partial charge in [0.1, 0.15) is 11.5 Å². The van der Waals surface area contributed by atoms with E-state index in [4.69, 9.17) is 9.47 Å². The van der Waals surface area contributed by atoms with Crippen LogP contribution in [0.4, 0.5) is 26.3 Å². The monoisotopic (exact) mass is 568 g/mol. The average molecular weight is 568 g/mol. The van der Waals surface area contributed by atoms with Gasteiger partial charge in [-0.3, -0.25) is 0 Å². The molecule has 0 unspecified atom stereocenters. The highest BCUT2D eigenvalue weighted by Crippen LogP contribution is 2.64. The molecule has 0 spiro atoms. The molecular formula is C31H18F6O4. The number of benzene rings is 4. The first kappa shape index (κ1) is 26.6. The molecule has 10 heteroatoms. The largest absolute Gasteiger partial charge is 0.491 e.